The number of nitrogens with zero attached hydrogens (tertiary/aromatic N) is 5. The Morgan fingerprint density at radius 1 is 1.26 bits per heavy atom. The summed E-state index contributed by atoms with van der Waals surface area (Å²) in [6, 6.07) is 16.5. The molecule has 9 nitrogen and oxygen atoms in total. The average Bonchev–Trinajstić information content (AvgIpc) is 3.75. The fourth-order valence-corrected chi connectivity index (χ4v) is 6.02. The molecule has 2 aliphatic rings. The van der Waals surface area contributed by atoms with Crippen molar-refractivity contribution < 1.29 is 23.8 Å². The summed E-state index contributed by atoms with van der Waals surface area (Å²) in [4.78, 5) is 20.3. The van der Waals surface area contributed by atoms with Crippen molar-refractivity contribution in [2.24, 2.45) is 7.05 Å². The zero-order valence-electron chi connectivity index (χ0n) is 23.6. The molecule has 2 unspecified atom stereocenters. The summed E-state index contributed by atoms with van der Waals surface area (Å²) in [5.74, 6) is -1.22. The molecular weight excluding hydrogens is 573 g/mol. The lowest BCUT2D eigenvalue weighted by molar-refractivity contribution is -0.148. The fourth-order valence-electron chi connectivity index (χ4n) is 5.89. The third-order valence-corrected chi connectivity index (χ3v) is 8.40. The van der Waals surface area contributed by atoms with Crippen molar-refractivity contribution >= 4 is 17.5 Å². The van der Waals surface area contributed by atoms with Gasteiger partial charge in [-0.05, 0) is 60.9 Å². The number of rotatable bonds is 8. The molecule has 4 aromatic rings. The first-order valence-electron chi connectivity index (χ1n) is 13.9. The van der Waals surface area contributed by atoms with Crippen molar-refractivity contribution in [3.05, 3.63) is 117 Å². The van der Waals surface area contributed by atoms with Crippen LogP contribution in [-0.4, -0.2) is 50.0 Å². The van der Waals surface area contributed by atoms with Gasteiger partial charge in [0.1, 0.15) is 17.5 Å². The SMILES string of the molecule is CCC(O)(c1cc(F)c2c(c1)C(=O)N(Cc1ccc(C#N)cn1)C2(O[C@H]1CCOC1)c1ccc(Cl)cc1)c1ccn(C)n1. The van der Waals surface area contributed by atoms with E-state index >= 15 is 4.39 Å². The molecule has 220 valence electrons. The van der Waals surface area contributed by atoms with Crippen molar-refractivity contribution in [1.29, 1.82) is 5.26 Å². The van der Waals surface area contributed by atoms with Crippen LogP contribution >= 0.6 is 11.6 Å². The van der Waals surface area contributed by atoms with Crippen LogP contribution in [0.2, 0.25) is 5.02 Å². The van der Waals surface area contributed by atoms with E-state index in [0.717, 1.165) is 0 Å². The number of carbonyl (C=O) groups excluding carboxylic acids is 1. The molecule has 1 amide bonds. The number of aryl methyl sites for hydroxylation is 1. The van der Waals surface area contributed by atoms with Crippen molar-refractivity contribution in [3.63, 3.8) is 0 Å². The van der Waals surface area contributed by atoms with Gasteiger partial charge in [-0.25, -0.2) is 4.39 Å². The van der Waals surface area contributed by atoms with Gasteiger partial charge in [0.15, 0.2) is 0 Å². The number of hydrogen-bond donors (Lipinski definition) is 1. The highest BCUT2D eigenvalue weighted by molar-refractivity contribution is 6.30. The molecule has 0 aliphatic carbocycles. The minimum Gasteiger partial charge on any atom is -0.379 e. The second-order valence-corrected chi connectivity index (χ2v) is 11.2. The summed E-state index contributed by atoms with van der Waals surface area (Å²) in [7, 11) is 1.73. The van der Waals surface area contributed by atoms with Crippen molar-refractivity contribution in [2.75, 3.05) is 13.2 Å². The molecule has 6 rings (SSSR count). The molecule has 0 spiro atoms. The summed E-state index contributed by atoms with van der Waals surface area (Å²) < 4.78 is 30.7. The number of carbonyl (C=O) groups is 1. The lowest BCUT2D eigenvalue weighted by atomic mass is 9.84. The maximum absolute atomic E-state index is 16.8. The van der Waals surface area contributed by atoms with E-state index in [1.165, 1.54) is 23.2 Å². The van der Waals surface area contributed by atoms with E-state index in [4.69, 9.17) is 21.1 Å². The third-order valence-electron chi connectivity index (χ3n) is 8.15. The van der Waals surface area contributed by atoms with Crippen LogP contribution in [0, 0.1) is 17.1 Å². The Kier molecular flexibility index (Phi) is 7.52. The molecule has 0 saturated carbocycles. The first-order valence-corrected chi connectivity index (χ1v) is 14.3. The molecule has 3 atom stereocenters. The Balaban J connectivity index is 1.58. The van der Waals surface area contributed by atoms with Gasteiger partial charge in [-0.3, -0.25) is 19.4 Å². The van der Waals surface area contributed by atoms with Crippen LogP contribution in [0.4, 0.5) is 4.39 Å². The average molecular weight is 602 g/mol. The first kappa shape index (κ1) is 29.0. The smallest absolute Gasteiger partial charge is 0.257 e. The van der Waals surface area contributed by atoms with Gasteiger partial charge in [-0.2, -0.15) is 10.4 Å². The van der Waals surface area contributed by atoms with E-state index in [1.54, 1.807) is 67.3 Å². The maximum Gasteiger partial charge on any atom is 0.257 e. The van der Waals surface area contributed by atoms with E-state index in [1.807, 2.05) is 6.07 Å². The van der Waals surface area contributed by atoms with Crippen molar-refractivity contribution in [2.45, 2.75) is 43.7 Å². The van der Waals surface area contributed by atoms with Crippen LogP contribution < -0.4 is 0 Å². The van der Waals surface area contributed by atoms with Gasteiger partial charge < -0.3 is 14.6 Å². The van der Waals surface area contributed by atoms with Gasteiger partial charge in [0.2, 0.25) is 5.72 Å². The highest BCUT2D eigenvalue weighted by Crippen LogP contribution is 2.50. The topological polar surface area (TPSA) is 114 Å². The van der Waals surface area contributed by atoms with Crippen LogP contribution in [0.15, 0.2) is 67.0 Å². The minimum absolute atomic E-state index is 0.0311. The molecule has 2 aromatic heterocycles. The Hall–Kier alpha value is -4.14. The highest BCUT2D eigenvalue weighted by Gasteiger charge is 2.56. The maximum atomic E-state index is 16.8. The Morgan fingerprint density at radius 3 is 2.65 bits per heavy atom. The second-order valence-electron chi connectivity index (χ2n) is 10.8. The summed E-state index contributed by atoms with van der Waals surface area (Å²) >= 11 is 6.25. The number of benzene rings is 2. The second kappa shape index (κ2) is 11.2. The molecule has 11 heteroatoms. The van der Waals surface area contributed by atoms with E-state index in [2.05, 4.69) is 10.1 Å². The zero-order chi connectivity index (χ0) is 30.4. The fraction of sp³-hybridized carbons (Fsp3) is 0.312. The number of hydrogen-bond acceptors (Lipinski definition) is 7. The van der Waals surface area contributed by atoms with E-state index in [0.29, 0.717) is 40.6 Å². The number of ether oxygens (including phenoxy) is 2. The third kappa shape index (κ3) is 4.88. The Bertz CT molecular complexity index is 1720. The molecule has 0 radical (unpaired) electrons. The van der Waals surface area contributed by atoms with Gasteiger partial charge in [0.25, 0.3) is 5.91 Å². The summed E-state index contributed by atoms with van der Waals surface area (Å²) in [5, 5.41) is 25.9. The number of amides is 1. The van der Waals surface area contributed by atoms with Gasteiger partial charge >= 0.3 is 0 Å². The molecule has 1 N–H and O–H groups in total. The Labute approximate surface area is 253 Å². The predicted octanol–water partition coefficient (Wildman–Crippen LogP) is 4.79. The summed E-state index contributed by atoms with van der Waals surface area (Å²) in [6.45, 7) is 2.46. The number of pyridine rings is 1. The molecule has 43 heavy (non-hydrogen) atoms. The van der Waals surface area contributed by atoms with Crippen LogP contribution in [0.5, 0.6) is 0 Å². The van der Waals surface area contributed by atoms with E-state index in [-0.39, 0.29) is 36.3 Å². The minimum atomic E-state index is -1.71. The van der Waals surface area contributed by atoms with Crippen molar-refractivity contribution in [1.82, 2.24) is 19.7 Å². The number of fused-ring (bicyclic) bond motifs is 1. The largest absolute Gasteiger partial charge is 0.379 e. The predicted molar refractivity (Wildman–Crippen MR) is 154 cm³/mol. The molecule has 4 heterocycles. The monoisotopic (exact) mass is 601 g/mol. The standard InChI is InChI=1S/C32H29ClFN5O4/c1-3-31(41,28-10-12-38(2)37-28)22-14-26-29(27(34)15-22)32(43-25-11-13-42-19-25,21-5-7-23(33)8-6-21)39(30(26)40)18-24-9-4-20(16-35)17-36-24/h4-10,12,14-15,17,25,41H,3,11,13,18-19H2,1-2H3/t25-,31?,32?/m0/s1. The van der Waals surface area contributed by atoms with Gasteiger partial charge in [-0.15, -0.1) is 0 Å². The van der Waals surface area contributed by atoms with Gasteiger partial charge in [-0.1, -0.05) is 30.7 Å². The van der Waals surface area contributed by atoms with Gasteiger partial charge in [0, 0.05) is 36.6 Å². The number of aliphatic hydroxyl groups is 1. The van der Waals surface area contributed by atoms with Crippen LogP contribution in [0.1, 0.15) is 63.8 Å². The molecule has 1 fully saturated rings. The van der Waals surface area contributed by atoms with E-state index < -0.39 is 29.2 Å². The lowest BCUT2D eigenvalue weighted by Gasteiger charge is -2.41. The highest BCUT2D eigenvalue weighted by atomic mass is 35.5. The molecule has 1 saturated heterocycles. The van der Waals surface area contributed by atoms with Crippen LogP contribution in [0.25, 0.3) is 0 Å². The first-order chi connectivity index (χ1) is 20.7. The Morgan fingerprint density at radius 2 is 2.05 bits per heavy atom. The molecule has 2 aliphatic heterocycles. The number of aromatic nitrogens is 3. The van der Waals surface area contributed by atoms with Crippen LogP contribution in [-0.2, 0) is 34.4 Å². The van der Waals surface area contributed by atoms with Crippen molar-refractivity contribution in [3.8, 4) is 6.07 Å². The van der Waals surface area contributed by atoms with Crippen LogP contribution in [0.3, 0.4) is 0 Å². The van der Waals surface area contributed by atoms with Gasteiger partial charge in [0.05, 0.1) is 47.3 Å². The normalized spacial score (nSPS) is 21.1. The molecular formula is C32H29ClFN5O4. The summed E-state index contributed by atoms with van der Waals surface area (Å²) in [6.07, 6.45) is 3.42. The lowest BCUT2D eigenvalue weighted by Crippen LogP contribution is -2.49. The molecule has 0 bridgehead atoms. The number of nitriles is 1. The summed E-state index contributed by atoms with van der Waals surface area (Å²) in [5.41, 5.74) is -1.40. The quantitative estimate of drug-likeness (QED) is 0.309. The van der Waals surface area contributed by atoms with E-state index in [9.17, 15) is 15.2 Å². The molecule has 2 aromatic carbocycles. The number of halogens is 2. The zero-order valence-corrected chi connectivity index (χ0v) is 24.4.